The van der Waals surface area contributed by atoms with Crippen LogP contribution < -0.4 is 24.4 Å². The molecule has 0 saturated carbocycles. The number of esters is 2. The van der Waals surface area contributed by atoms with Gasteiger partial charge < -0.3 is 23.9 Å². The maximum atomic E-state index is 13.3. The highest BCUT2D eigenvalue weighted by molar-refractivity contribution is 14.1. The van der Waals surface area contributed by atoms with E-state index in [0.29, 0.717) is 23.6 Å². The predicted molar refractivity (Wildman–Crippen MR) is 178 cm³/mol. The molecule has 1 heterocycles. The Bertz CT molecular complexity index is 1920. The Morgan fingerprint density at radius 3 is 2.38 bits per heavy atom. The molecule has 11 heteroatoms. The monoisotopic (exact) mass is 717 g/mol. The van der Waals surface area contributed by atoms with Gasteiger partial charge in [0.1, 0.15) is 5.69 Å². The first kappa shape index (κ1) is 31.3. The molecule has 0 saturated heterocycles. The fraction of sp³-hybridized carbons (Fsp3) is 0.118. The summed E-state index contributed by atoms with van der Waals surface area (Å²) in [6, 6.07) is 24.9. The Morgan fingerprint density at radius 2 is 1.64 bits per heavy atom. The number of H-pyrrole nitrogens is 1. The van der Waals surface area contributed by atoms with Gasteiger partial charge in [0.25, 0.3) is 5.91 Å². The van der Waals surface area contributed by atoms with Gasteiger partial charge in [0.05, 0.1) is 25.5 Å². The van der Waals surface area contributed by atoms with Crippen LogP contribution in [0.25, 0.3) is 22.0 Å². The number of hydrogen-bond acceptors (Lipinski definition) is 8. The standard InChI is InChI=1S/C34H28IN3O7/c1-4-43-30-16-21(10-14-28(30)45-34(41)23-11-15-27(44-20(2)39)29(17-23)42-3)19-36-38-33(40)32-31(22-8-6-5-7-9-22)25-18-24(35)12-13-26(25)37-32/h5-19,37H,4H2,1-3H3,(H,38,40). The normalized spacial score (nSPS) is 10.9. The molecule has 4 aromatic carbocycles. The van der Waals surface area contributed by atoms with Crippen molar-refractivity contribution in [1.29, 1.82) is 0 Å². The van der Waals surface area contributed by atoms with Crippen LogP contribution in [0.15, 0.2) is 90.0 Å². The highest BCUT2D eigenvalue weighted by Crippen LogP contribution is 2.34. The fourth-order valence-electron chi connectivity index (χ4n) is 4.61. The molecule has 2 N–H and O–H groups in total. The largest absolute Gasteiger partial charge is 0.493 e. The van der Waals surface area contributed by atoms with Gasteiger partial charge in [0, 0.05) is 27.0 Å². The van der Waals surface area contributed by atoms with Crippen LogP contribution in [0, 0.1) is 3.57 Å². The quantitative estimate of drug-likeness (QED) is 0.0538. The predicted octanol–water partition coefficient (Wildman–Crippen LogP) is 6.76. The van der Waals surface area contributed by atoms with E-state index in [0.717, 1.165) is 25.6 Å². The lowest BCUT2D eigenvalue weighted by molar-refractivity contribution is -0.132. The molecule has 5 aromatic rings. The van der Waals surface area contributed by atoms with Crippen molar-refractivity contribution in [1.82, 2.24) is 10.4 Å². The van der Waals surface area contributed by atoms with E-state index in [1.54, 1.807) is 25.1 Å². The van der Waals surface area contributed by atoms with Crippen molar-refractivity contribution < 1.29 is 33.3 Å². The lowest BCUT2D eigenvalue weighted by atomic mass is 10.0. The molecule has 1 aromatic heterocycles. The number of amides is 1. The van der Waals surface area contributed by atoms with Gasteiger partial charge in [-0.2, -0.15) is 5.10 Å². The molecule has 45 heavy (non-hydrogen) atoms. The summed E-state index contributed by atoms with van der Waals surface area (Å²) in [6.07, 6.45) is 1.47. The number of aromatic nitrogens is 1. The second-order valence-corrected chi connectivity index (χ2v) is 10.9. The molecule has 0 spiro atoms. The number of fused-ring (bicyclic) bond motifs is 1. The van der Waals surface area contributed by atoms with E-state index in [1.807, 2.05) is 48.5 Å². The Hall–Kier alpha value is -5.17. The molecule has 0 aliphatic carbocycles. The van der Waals surface area contributed by atoms with Crippen molar-refractivity contribution >= 4 is 57.6 Å². The topological polar surface area (TPSA) is 128 Å². The third-order valence-electron chi connectivity index (χ3n) is 6.55. The van der Waals surface area contributed by atoms with E-state index in [-0.39, 0.29) is 22.8 Å². The molecule has 0 aliphatic rings. The van der Waals surface area contributed by atoms with Crippen molar-refractivity contribution in [2.75, 3.05) is 13.7 Å². The summed E-state index contributed by atoms with van der Waals surface area (Å²) in [6.45, 7) is 3.39. The summed E-state index contributed by atoms with van der Waals surface area (Å²) in [4.78, 5) is 40.8. The zero-order valence-corrected chi connectivity index (χ0v) is 26.7. The van der Waals surface area contributed by atoms with E-state index in [9.17, 15) is 14.4 Å². The van der Waals surface area contributed by atoms with Crippen molar-refractivity contribution in [3.8, 4) is 34.1 Å². The van der Waals surface area contributed by atoms with Crippen molar-refractivity contribution in [2.24, 2.45) is 5.10 Å². The van der Waals surface area contributed by atoms with Crippen LogP contribution in [0.3, 0.4) is 0 Å². The average molecular weight is 718 g/mol. The summed E-state index contributed by atoms with van der Waals surface area (Å²) in [7, 11) is 1.40. The minimum Gasteiger partial charge on any atom is -0.493 e. The SMILES string of the molecule is CCOc1cc(C=NNC(=O)c2[nH]c3ccc(I)cc3c2-c2ccccc2)ccc1OC(=O)c1ccc(OC(C)=O)c(OC)c1. The molecule has 10 nitrogen and oxygen atoms in total. The number of halogens is 1. The molecule has 228 valence electrons. The molecule has 1 amide bonds. The van der Waals surface area contributed by atoms with Crippen LogP contribution in [-0.2, 0) is 4.79 Å². The van der Waals surface area contributed by atoms with E-state index in [4.69, 9.17) is 18.9 Å². The number of carbonyl (C=O) groups excluding carboxylic acids is 3. The third-order valence-corrected chi connectivity index (χ3v) is 7.22. The molecular formula is C34H28IN3O7. The molecule has 0 unspecified atom stereocenters. The Balaban J connectivity index is 1.34. The van der Waals surface area contributed by atoms with Gasteiger partial charge >= 0.3 is 11.9 Å². The Morgan fingerprint density at radius 1 is 0.889 bits per heavy atom. The zero-order chi connectivity index (χ0) is 31.9. The van der Waals surface area contributed by atoms with Crippen molar-refractivity contribution in [3.05, 3.63) is 105 Å². The second-order valence-electron chi connectivity index (χ2n) is 9.62. The minimum absolute atomic E-state index is 0.181. The highest BCUT2D eigenvalue weighted by atomic mass is 127. The van der Waals surface area contributed by atoms with Gasteiger partial charge in [0.15, 0.2) is 23.0 Å². The van der Waals surface area contributed by atoms with Gasteiger partial charge in [-0.25, -0.2) is 10.2 Å². The van der Waals surface area contributed by atoms with Gasteiger partial charge in [-0.1, -0.05) is 30.3 Å². The van der Waals surface area contributed by atoms with Crippen LogP contribution in [-0.4, -0.2) is 42.8 Å². The number of nitrogens with zero attached hydrogens (tertiary/aromatic N) is 1. The molecule has 0 fully saturated rings. The summed E-state index contributed by atoms with van der Waals surface area (Å²) < 4.78 is 22.7. The lowest BCUT2D eigenvalue weighted by Gasteiger charge is -2.13. The summed E-state index contributed by atoms with van der Waals surface area (Å²) >= 11 is 2.25. The van der Waals surface area contributed by atoms with Crippen molar-refractivity contribution in [3.63, 3.8) is 0 Å². The first-order valence-electron chi connectivity index (χ1n) is 13.8. The van der Waals surface area contributed by atoms with E-state index in [2.05, 4.69) is 38.1 Å². The zero-order valence-electron chi connectivity index (χ0n) is 24.6. The molecule has 0 aliphatic heterocycles. The smallest absolute Gasteiger partial charge is 0.343 e. The Kier molecular flexibility index (Phi) is 9.78. The molecule has 5 rings (SSSR count). The van der Waals surface area contributed by atoms with Crippen LogP contribution in [0.1, 0.15) is 40.3 Å². The van der Waals surface area contributed by atoms with Crippen LogP contribution in [0.4, 0.5) is 0 Å². The molecule has 0 radical (unpaired) electrons. The number of hydrogen-bond donors (Lipinski definition) is 2. The van der Waals surface area contributed by atoms with Crippen molar-refractivity contribution in [2.45, 2.75) is 13.8 Å². The van der Waals surface area contributed by atoms with E-state index >= 15 is 0 Å². The average Bonchev–Trinajstić information content (AvgIpc) is 3.41. The first-order valence-corrected chi connectivity index (χ1v) is 14.9. The van der Waals surface area contributed by atoms with Crippen LogP contribution >= 0.6 is 22.6 Å². The molecule has 0 bridgehead atoms. The van der Waals surface area contributed by atoms with Crippen LogP contribution in [0.2, 0.25) is 0 Å². The number of ether oxygens (including phenoxy) is 4. The fourth-order valence-corrected chi connectivity index (χ4v) is 5.10. The van der Waals surface area contributed by atoms with Gasteiger partial charge in [0.2, 0.25) is 0 Å². The molecule has 0 atom stereocenters. The number of hydrazone groups is 1. The lowest BCUT2D eigenvalue weighted by Crippen LogP contribution is -2.18. The second kappa shape index (κ2) is 14.1. The first-order chi connectivity index (χ1) is 21.8. The highest BCUT2D eigenvalue weighted by Gasteiger charge is 2.20. The van der Waals surface area contributed by atoms with Gasteiger partial charge in [-0.3, -0.25) is 9.59 Å². The van der Waals surface area contributed by atoms with Crippen LogP contribution in [0.5, 0.6) is 23.0 Å². The summed E-state index contributed by atoms with van der Waals surface area (Å²) in [5, 5.41) is 5.11. The maximum Gasteiger partial charge on any atom is 0.343 e. The van der Waals surface area contributed by atoms with E-state index in [1.165, 1.54) is 38.4 Å². The number of benzene rings is 4. The summed E-state index contributed by atoms with van der Waals surface area (Å²) in [5.74, 6) is -0.703. The third kappa shape index (κ3) is 7.32. The minimum atomic E-state index is -0.667. The van der Waals surface area contributed by atoms with Gasteiger partial charge in [-0.05, 0) is 95.2 Å². The maximum absolute atomic E-state index is 13.3. The number of nitrogens with one attached hydrogen (secondary N) is 2. The number of carbonyl (C=O) groups is 3. The summed E-state index contributed by atoms with van der Waals surface area (Å²) in [5.41, 5.74) is 6.32. The number of methoxy groups -OCH3 is 1. The molecular weight excluding hydrogens is 689 g/mol. The van der Waals surface area contributed by atoms with Gasteiger partial charge in [-0.15, -0.1) is 0 Å². The number of rotatable bonds is 10. The van der Waals surface area contributed by atoms with E-state index < -0.39 is 17.8 Å². The Labute approximate surface area is 272 Å². The number of aromatic amines is 1.